The summed E-state index contributed by atoms with van der Waals surface area (Å²) in [5, 5.41) is 0. The topological polar surface area (TPSA) is 0 Å². The van der Waals surface area contributed by atoms with E-state index in [1.807, 2.05) is 0 Å². The summed E-state index contributed by atoms with van der Waals surface area (Å²) in [6.45, 7) is 0. The zero-order valence-electron chi connectivity index (χ0n) is 13.7. The van der Waals surface area contributed by atoms with Crippen LogP contribution in [0.1, 0.15) is 6.42 Å². The van der Waals surface area contributed by atoms with Crippen LogP contribution in [-0.4, -0.2) is 52.3 Å². The first-order valence-corrected chi connectivity index (χ1v) is 8.04. The van der Waals surface area contributed by atoms with Crippen LogP contribution in [0.15, 0.2) is 0 Å². The molecule has 0 fully saturated rings. The molecule has 0 aliphatic rings. The Morgan fingerprint density at radius 1 is 0.406 bits per heavy atom. The van der Waals surface area contributed by atoms with Crippen molar-refractivity contribution < 1.29 is 87.8 Å². The second-order valence-corrected chi connectivity index (χ2v) is 7.42. The number of alkyl halides is 21. The van der Waals surface area contributed by atoms with Crippen LogP contribution in [0.3, 0.4) is 0 Å². The maximum atomic E-state index is 13.8. The molecule has 0 saturated heterocycles. The second kappa shape index (κ2) is 7.94. The van der Waals surface area contributed by atoms with Crippen LogP contribution in [0.2, 0.25) is 0 Å². The fourth-order valence-corrected chi connectivity index (χ4v) is 3.99. The normalized spacial score (nSPS) is 17.5. The summed E-state index contributed by atoms with van der Waals surface area (Å²) in [6.07, 6.45) is -43.4. The first kappa shape index (κ1) is 31.3. The van der Waals surface area contributed by atoms with Crippen LogP contribution in [0, 0.1) is 5.41 Å². The van der Waals surface area contributed by atoms with E-state index in [-0.39, 0.29) is 0 Å². The van der Waals surface area contributed by atoms with Crippen LogP contribution in [0.5, 0.6) is 0 Å². The highest BCUT2D eigenvalue weighted by Crippen LogP contribution is 2.69. The summed E-state index contributed by atoms with van der Waals surface area (Å²) in [5.74, 6) is -16.8. The van der Waals surface area contributed by atoms with Crippen molar-refractivity contribution in [3.63, 3.8) is 0 Å². The summed E-state index contributed by atoms with van der Waals surface area (Å²) in [6, 6.07) is 0. The number of halogens is 21. The quantitative estimate of drug-likeness (QED) is 0.162. The second-order valence-electron chi connectivity index (χ2n) is 5.92. The predicted octanol–water partition coefficient (Wildman–Crippen LogP) is 7.96. The maximum absolute atomic E-state index is 13.8. The largest absolute Gasteiger partial charge is 0.459 e. The Labute approximate surface area is 175 Å². The highest BCUT2D eigenvalue weighted by atomic mass is 127. The van der Waals surface area contributed by atoms with Gasteiger partial charge in [-0.15, -0.1) is 0 Å². The van der Waals surface area contributed by atoms with Gasteiger partial charge in [-0.3, -0.25) is 0 Å². The zero-order valence-corrected chi connectivity index (χ0v) is 15.9. The summed E-state index contributed by atoms with van der Waals surface area (Å²) in [5.41, 5.74) is -15.1. The molecule has 0 saturated carbocycles. The lowest BCUT2D eigenvalue weighted by Gasteiger charge is -2.48. The monoisotopic (exact) mass is 642 g/mol. The molecule has 0 aromatic rings. The zero-order chi connectivity index (χ0) is 26.8. The summed E-state index contributed by atoms with van der Waals surface area (Å²) < 4.78 is 252. The highest BCUT2D eigenvalue weighted by Gasteiger charge is 2.94. The maximum Gasteiger partial charge on any atom is 0.459 e. The molecule has 0 rings (SSSR count). The Balaban J connectivity index is 7.47. The average molecular weight is 642 g/mol. The van der Waals surface area contributed by atoms with Gasteiger partial charge in [0.2, 0.25) is 5.41 Å². The summed E-state index contributed by atoms with van der Waals surface area (Å²) in [4.78, 5) is 0. The van der Waals surface area contributed by atoms with E-state index in [9.17, 15) is 87.8 Å². The van der Waals surface area contributed by atoms with E-state index in [4.69, 9.17) is 0 Å². The van der Waals surface area contributed by atoms with Gasteiger partial charge in [0.05, 0.1) is 0 Å². The van der Waals surface area contributed by atoms with Gasteiger partial charge in [0, 0.05) is 10.3 Å². The number of hydrogen-bond donors (Lipinski definition) is 0. The number of hydrogen-bond acceptors (Lipinski definition) is 0. The first-order valence-electron chi connectivity index (χ1n) is 6.80. The van der Waals surface area contributed by atoms with E-state index in [0.29, 0.717) is 0 Å². The third kappa shape index (κ3) is 4.38. The van der Waals surface area contributed by atoms with Gasteiger partial charge in [0.1, 0.15) is 0 Å². The minimum Gasteiger partial charge on any atom is -0.224 e. The fraction of sp³-hybridized carbons (Fsp3) is 1.00. The van der Waals surface area contributed by atoms with Gasteiger partial charge >= 0.3 is 42.7 Å². The molecule has 21 heteroatoms. The van der Waals surface area contributed by atoms with Crippen LogP contribution < -0.4 is 0 Å². The molecular weight excluding hydrogens is 639 g/mol. The molecule has 0 heterocycles. The van der Waals surface area contributed by atoms with E-state index in [0.717, 1.165) is 0 Å². The van der Waals surface area contributed by atoms with Gasteiger partial charge in [-0.1, -0.05) is 22.6 Å². The third-order valence-electron chi connectivity index (χ3n) is 3.97. The van der Waals surface area contributed by atoms with Gasteiger partial charge < -0.3 is 0 Å². The molecule has 1 unspecified atom stereocenters. The standard InChI is InChI=1S/C11H3F20I/c12-3(7(17,18)19,8(20,21)22)1-2(32)4(9(23,24)25,10(26,27)28)5(13,14)6(15,16)11(29,30)31/h2H,1H2. The minimum absolute atomic E-state index is 0.955. The van der Waals surface area contributed by atoms with Crippen molar-refractivity contribution in [1.29, 1.82) is 0 Å². The molecule has 32 heavy (non-hydrogen) atoms. The van der Waals surface area contributed by atoms with Crippen molar-refractivity contribution in [2.45, 2.75) is 58.7 Å². The van der Waals surface area contributed by atoms with Crippen LogP contribution in [0.4, 0.5) is 87.8 Å². The van der Waals surface area contributed by atoms with Crippen LogP contribution in [0.25, 0.3) is 0 Å². The molecule has 0 aromatic carbocycles. The molecule has 0 N–H and O–H groups in total. The van der Waals surface area contributed by atoms with E-state index < -0.39 is 86.7 Å². The number of rotatable bonds is 5. The van der Waals surface area contributed by atoms with Crippen molar-refractivity contribution in [2.24, 2.45) is 5.41 Å². The average Bonchev–Trinajstić information content (AvgIpc) is 2.39. The van der Waals surface area contributed by atoms with Crippen molar-refractivity contribution in [2.75, 3.05) is 0 Å². The molecule has 194 valence electrons. The molecule has 0 radical (unpaired) electrons. The molecule has 0 aliphatic heterocycles. The smallest absolute Gasteiger partial charge is 0.224 e. The Bertz CT molecular complexity index is 627. The highest BCUT2D eigenvalue weighted by molar-refractivity contribution is 14.1. The van der Waals surface area contributed by atoms with E-state index >= 15 is 0 Å². The van der Waals surface area contributed by atoms with Crippen LogP contribution >= 0.6 is 22.6 Å². The van der Waals surface area contributed by atoms with Crippen molar-refractivity contribution in [3.05, 3.63) is 0 Å². The van der Waals surface area contributed by atoms with Crippen LogP contribution in [-0.2, 0) is 0 Å². The predicted molar refractivity (Wildman–Crippen MR) is 68.9 cm³/mol. The molecule has 0 amide bonds. The third-order valence-corrected chi connectivity index (χ3v) is 5.34. The molecular formula is C11H3F20I. The van der Waals surface area contributed by atoms with Gasteiger partial charge in [-0.05, 0) is 0 Å². The molecule has 0 aromatic heterocycles. The van der Waals surface area contributed by atoms with E-state index in [1.165, 1.54) is 0 Å². The minimum atomic E-state index is -8.52. The molecule has 0 bridgehead atoms. The fourth-order valence-electron chi connectivity index (χ4n) is 2.29. The summed E-state index contributed by atoms with van der Waals surface area (Å²) >= 11 is -0.955. The lowest BCUT2D eigenvalue weighted by molar-refractivity contribution is -0.461. The molecule has 1 atom stereocenters. The summed E-state index contributed by atoms with van der Waals surface area (Å²) in [7, 11) is 0. The van der Waals surface area contributed by atoms with Crippen molar-refractivity contribution in [3.8, 4) is 0 Å². The Morgan fingerprint density at radius 2 is 0.688 bits per heavy atom. The van der Waals surface area contributed by atoms with Crippen molar-refractivity contribution >= 4 is 22.6 Å². The SMILES string of the molecule is FC(F)(F)C(F)(F)C(F)(F)C(C(I)CC(F)(C(F)(F)F)C(F)(F)F)(C(F)(F)F)C(F)(F)F. The molecule has 0 aliphatic carbocycles. The van der Waals surface area contributed by atoms with Gasteiger partial charge in [0.25, 0.3) is 5.67 Å². The lowest BCUT2D eigenvalue weighted by atomic mass is 9.70. The van der Waals surface area contributed by atoms with E-state index in [1.54, 1.807) is 0 Å². The van der Waals surface area contributed by atoms with Gasteiger partial charge in [-0.2, -0.15) is 83.4 Å². The van der Waals surface area contributed by atoms with Gasteiger partial charge in [0.15, 0.2) is 0 Å². The van der Waals surface area contributed by atoms with E-state index in [2.05, 4.69) is 0 Å². The van der Waals surface area contributed by atoms with Gasteiger partial charge in [-0.25, -0.2) is 4.39 Å². The molecule has 0 nitrogen and oxygen atoms in total. The lowest BCUT2D eigenvalue weighted by Crippen LogP contribution is -2.74. The Kier molecular flexibility index (Phi) is 7.77. The molecule has 0 spiro atoms. The first-order chi connectivity index (χ1) is 13.4. The Hall–Kier alpha value is -0.670. The van der Waals surface area contributed by atoms with Crippen molar-refractivity contribution in [1.82, 2.24) is 0 Å². The Morgan fingerprint density at radius 3 is 0.875 bits per heavy atom.